The van der Waals surface area contributed by atoms with Crippen molar-refractivity contribution in [2.75, 3.05) is 19.5 Å². The third-order valence-corrected chi connectivity index (χ3v) is 4.37. The molecule has 1 N–H and O–H groups in total. The van der Waals surface area contributed by atoms with Gasteiger partial charge in [0.25, 0.3) is 5.56 Å². The summed E-state index contributed by atoms with van der Waals surface area (Å²) in [4.78, 5) is 25.9. The SMILES string of the molecule is COc1cc(NC(=O)[C@@H](C(C)C)n2nnc3ccccc3c2=O)cc(OC)c1. The summed E-state index contributed by atoms with van der Waals surface area (Å²) in [6.07, 6.45) is 0. The van der Waals surface area contributed by atoms with Crippen LogP contribution in [0, 0.1) is 5.92 Å². The Bertz CT molecular complexity index is 1040. The maximum atomic E-state index is 13.0. The lowest BCUT2D eigenvalue weighted by Crippen LogP contribution is -2.38. The van der Waals surface area contributed by atoms with E-state index in [0.29, 0.717) is 28.1 Å². The normalized spacial score (nSPS) is 12.0. The van der Waals surface area contributed by atoms with Crippen LogP contribution in [0.25, 0.3) is 10.9 Å². The van der Waals surface area contributed by atoms with Crippen molar-refractivity contribution in [1.29, 1.82) is 0 Å². The first kappa shape index (κ1) is 19.3. The van der Waals surface area contributed by atoms with Crippen LogP contribution in [0.3, 0.4) is 0 Å². The predicted octanol–water partition coefficient (Wildman–Crippen LogP) is 2.64. The number of aromatic nitrogens is 3. The molecule has 8 heteroatoms. The van der Waals surface area contributed by atoms with Crippen molar-refractivity contribution in [1.82, 2.24) is 15.0 Å². The van der Waals surface area contributed by atoms with Gasteiger partial charge in [-0.1, -0.05) is 31.2 Å². The van der Waals surface area contributed by atoms with E-state index < -0.39 is 6.04 Å². The minimum atomic E-state index is -0.832. The van der Waals surface area contributed by atoms with Gasteiger partial charge >= 0.3 is 0 Å². The smallest absolute Gasteiger partial charge is 0.278 e. The van der Waals surface area contributed by atoms with Gasteiger partial charge in [-0.15, -0.1) is 5.10 Å². The third kappa shape index (κ3) is 3.80. The topological polar surface area (TPSA) is 95.3 Å². The van der Waals surface area contributed by atoms with Crippen LogP contribution in [-0.2, 0) is 4.79 Å². The van der Waals surface area contributed by atoms with Gasteiger partial charge in [0.1, 0.15) is 23.1 Å². The molecule has 1 heterocycles. The number of hydrogen-bond acceptors (Lipinski definition) is 6. The molecule has 0 aliphatic heterocycles. The van der Waals surface area contributed by atoms with Crippen molar-refractivity contribution < 1.29 is 14.3 Å². The van der Waals surface area contributed by atoms with Gasteiger partial charge in [0.05, 0.1) is 19.6 Å². The molecule has 146 valence electrons. The zero-order valence-corrected chi connectivity index (χ0v) is 16.2. The van der Waals surface area contributed by atoms with E-state index in [9.17, 15) is 9.59 Å². The van der Waals surface area contributed by atoms with Gasteiger partial charge in [0.15, 0.2) is 0 Å². The van der Waals surface area contributed by atoms with Gasteiger partial charge in [-0.05, 0) is 18.1 Å². The minimum absolute atomic E-state index is 0.194. The Morgan fingerprint density at radius 3 is 2.32 bits per heavy atom. The van der Waals surface area contributed by atoms with E-state index in [0.717, 1.165) is 4.68 Å². The first-order valence-electron chi connectivity index (χ1n) is 8.82. The standard InChI is InChI=1S/C20H22N4O4/c1-12(2)18(24-20(26)16-7-5-6-8-17(16)22-23-24)19(25)21-13-9-14(27-3)11-15(10-13)28-4/h5-12,18H,1-4H3,(H,21,25)/t18-/m1/s1. The molecule has 28 heavy (non-hydrogen) atoms. The highest BCUT2D eigenvalue weighted by Crippen LogP contribution is 2.27. The lowest BCUT2D eigenvalue weighted by Gasteiger charge is -2.21. The summed E-state index contributed by atoms with van der Waals surface area (Å²) < 4.78 is 11.6. The number of fused-ring (bicyclic) bond motifs is 1. The molecule has 0 fully saturated rings. The summed E-state index contributed by atoms with van der Waals surface area (Å²) in [6.45, 7) is 3.69. The number of ether oxygens (including phenoxy) is 2. The fourth-order valence-corrected chi connectivity index (χ4v) is 2.98. The molecular weight excluding hydrogens is 360 g/mol. The summed E-state index contributed by atoms with van der Waals surface area (Å²) in [7, 11) is 3.06. The van der Waals surface area contributed by atoms with Crippen LogP contribution in [0.5, 0.6) is 11.5 Å². The minimum Gasteiger partial charge on any atom is -0.497 e. The van der Waals surface area contributed by atoms with E-state index in [-0.39, 0.29) is 17.4 Å². The fourth-order valence-electron chi connectivity index (χ4n) is 2.98. The molecule has 0 aliphatic carbocycles. The molecule has 1 atom stereocenters. The largest absolute Gasteiger partial charge is 0.497 e. The number of benzene rings is 2. The van der Waals surface area contributed by atoms with Crippen LogP contribution in [0.15, 0.2) is 47.3 Å². The fraction of sp³-hybridized carbons (Fsp3) is 0.300. The third-order valence-electron chi connectivity index (χ3n) is 4.37. The summed E-state index contributed by atoms with van der Waals surface area (Å²) in [6, 6.07) is 11.1. The quantitative estimate of drug-likeness (QED) is 0.704. The van der Waals surface area contributed by atoms with Crippen molar-refractivity contribution in [2.45, 2.75) is 19.9 Å². The molecule has 0 aliphatic rings. The number of nitrogens with zero attached hydrogens (tertiary/aromatic N) is 3. The first-order valence-corrected chi connectivity index (χ1v) is 8.82. The van der Waals surface area contributed by atoms with E-state index >= 15 is 0 Å². The Kier molecular flexibility index (Phi) is 5.58. The van der Waals surface area contributed by atoms with Gasteiger partial charge in [0, 0.05) is 23.9 Å². The van der Waals surface area contributed by atoms with E-state index in [2.05, 4.69) is 15.6 Å². The Hall–Kier alpha value is -3.42. The number of anilines is 1. The zero-order valence-electron chi connectivity index (χ0n) is 16.2. The van der Waals surface area contributed by atoms with Crippen molar-refractivity contribution in [3.8, 4) is 11.5 Å². The van der Waals surface area contributed by atoms with Gasteiger partial charge in [-0.25, -0.2) is 0 Å². The van der Waals surface area contributed by atoms with Crippen LogP contribution in [0.1, 0.15) is 19.9 Å². The van der Waals surface area contributed by atoms with E-state index in [1.54, 1.807) is 42.5 Å². The van der Waals surface area contributed by atoms with Crippen molar-refractivity contribution >= 4 is 22.5 Å². The van der Waals surface area contributed by atoms with Gasteiger partial charge in [-0.3, -0.25) is 9.59 Å². The molecule has 1 amide bonds. The van der Waals surface area contributed by atoms with Crippen LogP contribution in [0.2, 0.25) is 0 Å². The summed E-state index contributed by atoms with van der Waals surface area (Å²) in [5.74, 6) is 0.509. The molecule has 8 nitrogen and oxygen atoms in total. The molecule has 0 saturated carbocycles. The predicted molar refractivity (Wildman–Crippen MR) is 106 cm³/mol. The Labute approximate surface area is 162 Å². The Balaban J connectivity index is 1.98. The first-order chi connectivity index (χ1) is 13.4. The van der Waals surface area contributed by atoms with E-state index in [1.807, 2.05) is 13.8 Å². The van der Waals surface area contributed by atoms with Crippen LogP contribution in [-0.4, -0.2) is 35.1 Å². The summed E-state index contributed by atoms with van der Waals surface area (Å²) in [5.41, 5.74) is 0.625. The van der Waals surface area contributed by atoms with Crippen LogP contribution >= 0.6 is 0 Å². The van der Waals surface area contributed by atoms with Gasteiger partial charge in [-0.2, -0.15) is 4.68 Å². The second-order valence-electron chi connectivity index (χ2n) is 6.64. The van der Waals surface area contributed by atoms with Gasteiger partial charge in [0.2, 0.25) is 5.91 Å². The maximum Gasteiger partial charge on any atom is 0.278 e. The lowest BCUT2D eigenvalue weighted by molar-refractivity contribution is -0.120. The summed E-state index contributed by atoms with van der Waals surface area (Å²) >= 11 is 0. The Morgan fingerprint density at radius 2 is 1.71 bits per heavy atom. The number of carbonyl (C=O) groups excluding carboxylic acids is 1. The monoisotopic (exact) mass is 382 g/mol. The van der Waals surface area contributed by atoms with Crippen LogP contribution < -0.4 is 20.3 Å². The second kappa shape index (κ2) is 8.08. The van der Waals surface area contributed by atoms with Crippen LogP contribution in [0.4, 0.5) is 5.69 Å². The summed E-state index contributed by atoms with van der Waals surface area (Å²) in [5, 5.41) is 11.3. The van der Waals surface area contributed by atoms with E-state index in [1.165, 1.54) is 14.2 Å². The number of hydrogen-bond donors (Lipinski definition) is 1. The number of carbonyl (C=O) groups is 1. The molecule has 0 bridgehead atoms. The molecule has 0 unspecified atom stereocenters. The number of nitrogens with one attached hydrogen (secondary N) is 1. The van der Waals surface area contributed by atoms with Crippen molar-refractivity contribution in [2.24, 2.45) is 5.92 Å². The zero-order chi connectivity index (χ0) is 20.3. The number of methoxy groups -OCH3 is 2. The van der Waals surface area contributed by atoms with Crippen molar-refractivity contribution in [3.63, 3.8) is 0 Å². The number of rotatable bonds is 6. The highest BCUT2D eigenvalue weighted by atomic mass is 16.5. The molecule has 1 aromatic heterocycles. The highest BCUT2D eigenvalue weighted by molar-refractivity contribution is 5.94. The highest BCUT2D eigenvalue weighted by Gasteiger charge is 2.27. The number of amides is 1. The lowest BCUT2D eigenvalue weighted by atomic mass is 10.0. The molecule has 3 aromatic rings. The molecule has 0 radical (unpaired) electrons. The maximum absolute atomic E-state index is 13.0. The molecule has 0 saturated heterocycles. The molecule has 0 spiro atoms. The average molecular weight is 382 g/mol. The molecular formula is C20H22N4O4. The molecule has 2 aromatic carbocycles. The van der Waals surface area contributed by atoms with Crippen molar-refractivity contribution in [3.05, 3.63) is 52.8 Å². The molecule has 3 rings (SSSR count). The average Bonchev–Trinajstić information content (AvgIpc) is 2.69. The second-order valence-corrected chi connectivity index (χ2v) is 6.64. The Morgan fingerprint density at radius 1 is 1.07 bits per heavy atom. The van der Waals surface area contributed by atoms with Gasteiger partial charge < -0.3 is 14.8 Å². The van der Waals surface area contributed by atoms with E-state index in [4.69, 9.17) is 9.47 Å².